The van der Waals surface area contributed by atoms with Crippen molar-refractivity contribution < 1.29 is 4.79 Å². The molecule has 3 nitrogen and oxygen atoms in total. The van der Waals surface area contributed by atoms with Gasteiger partial charge in [-0.1, -0.05) is 23.7 Å². The van der Waals surface area contributed by atoms with Crippen molar-refractivity contribution in [3.63, 3.8) is 0 Å². The minimum atomic E-state index is -0.00587. The van der Waals surface area contributed by atoms with Crippen molar-refractivity contribution in [1.29, 1.82) is 0 Å². The topological polar surface area (TPSA) is 33.2 Å². The third-order valence-electron chi connectivity index (χ3n) is 2.49. The van der Waals surface area contributed by atoms with Gasteiger partial charge in [0, 0.05) is 30.9 Å². The van der Waals surface area contributed by atoms with E-state index in [0.29, 0.717) is 12.2 Å². The summed E-state index contributed by atoms with van der Waals surface area (Å²) in [5, 5.41) is 3.34. The lowest BCUT2D eigenvalue weighted by molar-refractivity contribution is 0.101. The van der Waals surface area contributed by atoms with Gasteiger partial charge in [-0.3, -0.25) is 4.79 Å². The Balaban J connectivity index is 2.11. The lowest BCUT2D eigenvalue weighted by Gasteiger charge is -2.15. The molecule has 1 heterocycles. The number of halogens is 1. The minimum absolute atomic E-state index is 0.00587. The highest BCUT2D eigenvalue weighted by atomic mass is 35.5. The van der Waals surface area contributed by atoms with Crippen LogP contribution in [0.1, 0.15) is 23.0 Å². The first-order valence-electron chi connectivity index (χ1n) is 5.48. The van der Waals surface area contributed by atoms with E-state index < -0.39 is 0 Å². The summed E-state index contributed by atoms with van der Waals surface area (Å²) in [6, 6.07) is 7.72. The maximum Gasteiger partial charge on any atom is 0.186 e. The summed E-state index contributed by atoms with van der Waals surface area (Å²) in [6.45, 7) is 2.24. The van der Waals surface area contributed by atoms with E-state index in [0.717, 1.165) is 15.7 Å². The predicted molar refractivity (Wildman–Crippen MR) is 75.7 cm³/mol. The largest absolute Gasteiger partial charge is 0.347 e. The summed E-state index contributed by atoms with van der Waals surface area (Å²) in [5.74, 6) is -0.00587. The van der Waals surface area contributed by atoms with Gasteiger partial charge >= 0.3 is 0 Å². The molecule has 0 spiro atoms. The predicted octanol–water partition coefficient (Wildman–Crippen LogP) is 3.64. The van der Waals surface area contributed by atoms with Crippen LogP contribution in [0.5, 0.6) is 0 Å². The van der Waals surface area contributed by atoms with Gasteiger partial charge in [-0.2, -0.15) is 0 Å². The summed E-state index contributed by atoms with van der Waals surface area (Å²) >= 11 is 7.41. The van der Waals surface area contributed by atoms with Crippen LogP contribution < -0.4 is 4.90 Å². The second-order valence-electron chi connectivity index (χ2n) is 4.06. The average Bonchev–Trinajstić information content (AvgIpc) is 2.78. The first-order chi connectivity index (χ1) is 8.56. The molecule has 0 aliphatic rings. The van der Waals surface area contributed by atoms with Gasteiger partial charge in [0.2, 0.25) is 0 Å². The lowest BCUT2D eigenvalue weighted by Crippen LogP contribution is -2.16. The normalized spacial score (nSPS) is 10.4. The van der Waals surface area contributed by atoms with Crippen molar-refractivity contribution in [2.45, 2.75) is 13.5 Å². The van der Waals surface area contributed by atoms with E-state index in [-0.39, 0.29) is 5.78 Å². The molecule has 5 heteroatoms. The van der Waals surface area contributed by atoms with E-state index in [1.165, 1.54) is 18.3 Å². The maximum absolute atomic E-state index is 11.2. The summed E-state index contributed by atoms with van der Waals surface area (Å²) in [7, 11) is 1.95. The third kappa shape index (κ3) is 3.09. The number of rotatable bonds is 4. The van der Waals surface area contributed by atoms with Crippen LogP contribution in [0.2, 0.25) is 5.02 Å². The van der Waals surface area contributed by atoms with E-state index in [9.17, 15) is 4.79 Å². The second-order valence-corrected chi connectivity index (χ2v) is 5.33. The van der Waals surface area contributed by atoms with Crippen molar-refractivity contribution in [3.05, 3.63) is 45.9 Å². The number of carbonyl (C=O) groups is 1. The van der Waals surface area contributed by atoms with Gasteiger partial charge in [-0.15, -0.1) is 11.3 Å². The molecule has 0 aliphatic heterocycles. The lowest BCUT2D eigenvalue weighted by atomic mass is 10.2. The highest BCUT2D eigenvalue weighted by molar-refractivity contribution is 7.13. The molecular formula is C13H13ClN2OS. The zero-order valence-corrected chi connectivity index (χ0v) is 11.8. The first-order valence-corrected chi connectivity index (χ1v) is 6.74. The Labute approximate surface area is 115 Å². The van der Waals surface area contributed by atoms with Crippen LogP contribution in [0.3, 0.4) is 0 Å². The number of hydrogen-bond acceptors (Lipinski definition) is 4. The molecule has 0 bridgehead atoms. The Morgan fingerprint density at radius 3 is 2.89 bits per heavy atom. The SMILES string of the molecule is CC(=O)c1csc(N(C)Cc2cccc(Cl)c2)n1. The van der Waals surface area contributed by atoms with E-state index in [1.807, 2.05) is 36.2 Å². The fraction of sp³-hybridized carbons (Fsp3) is 0.231. The van der Waals surface area contributed by atoms with Crippen LogP contribution in [0.15, 0.2) is 29.6 Å². The third-order valence-corrected chi connectivity index (χ3v) is 3.68. The standard InChI is InChI=1S/C13H13ClN2OS/c1-9(17)12-8-18-13(15-12)16(2)7-10-4-3-5-11(14)6-10/h3-6,8H,7H2,1-2H3. The van der Waals surface area contributed by atoms with Crippen LogP contribution in [-0.2, 0) is 6.54 Å². The number of aromatic nitrogens is 1. The molecule has 0 unspecified atom stereocenters. The van der Waals surface area contributed by atoms with Crippen molar-refractivity contribution in [1.82, 2.24) is 4.98 Å². The van der Waals surface area contributed by atoms with E-state index in [4.69, 9.17) is 11.6 Å². The Morgan fingerprint density at radius 1 is 1.50 bits per heavy atom. The van der Waals surface area contributed by atoms with Gasteiger partial charge in [-0.05, 0) is 17.7 Å². The summed E-state index contributed by atoms with van der Waals surface area (Å²) in [5.41, 5.74) is 1.64. The Bertz CT molecular complexity index is 568. The van der Waals surface area contributed by atoms with E-state index in [2.05, 4.69) is 4.98 Å². The molecule has 0 N–H and O–H groups in total. The fourth-order valence-electron chi connectivity index (χ4n) is 1.58. The van der Waals surface area contributed by atoms with Crippen molar-refractivity contribution in [2.24, 2.45) is 0 Å². The number of carbonyl (C=O) groups excluding carboxylic acids is 1. The number of anilines is 1. The van der Waals surface area contributed by atoms with Gasteiger partial charge in [0.05, 0.1) is 0 Å². The zero-order chi connectivity index (χ0) is 13.1. The van der Waals surface area contributed by atoms with Crippen LogP contribution in [0.4, 0.5) is 5.13 Å². The number of hydrogen-bond donors (Lipinski definition) is 0. The molecule has 18 heavy (non-hydrogen) atoms. The molecule has 0 atom stereocenters. The van der Waals surface area contributed by atoms with Gasteiger partial charge in [0.15, 0.2) is 10.9 Å². The molecule has 94 valence electrons. The summed E-state index contributed by atoms with van der Waals surface area (Å²) < 4.78 is 0. The Hall–Kier alpha value is -1.39. The molecule has 1 aromatic heterocycles. The average molecular weight is 281 g/mol. The summed E-state index contributed by atoms with van der Waals surface area (Å²) in [6.07, 6.45) is 0. The van der Waals surface area contributed by atoms with E-state index in [1.54, 1.807) is 5.38 Å². The number of benzene rings is 1. The quantitative estimate of drug-likeness (QED) is 0.802. The van der Waals surface area contributed by atoms with Crippen molar-refractivity contribution >= 4 is 33.9 Å². The number of nitrogens with zero attached hydrogens (tertiary/aromatic N) is 2. The van der Waals surface area contributed by atoms with Crippen LogP contribution >= 0.6 is 22.9 Å². The molecule has 0 aliphatic carbocycles. The summed E-state index contributed by atoms with van der Waals surface area (Å²) in [4.78, 5) is 17.5. The highest BCUT2D eigenvalue weighted by Crippen LogP contribution is 2.22. The van der Waals surface area contributed by atoms with Crippen LogP contribution in [-0.4, -0.2) is 17.8 Å². The first kappa shape index (κ1) is 13.1. The molecule has 2 aromatic rings. The van der Waals surface area contributed by atoms with Gasteiger partial charge in [0.25, 0.3) is 0 Å². The van der Waals surface area contributed by atoms with Gasteiger partial charge in [-0.25, -0.2) is 4.98 Å². The van der Waals surface area contributed by atoms with Crippen LogP contribution in [0.25, 0.3) is 0 Å². The Kier molecular flexibility index (Phi) is 3.99. The molecular weight excluding hydrogens is 268 g/mol. The van der Waals surface area contributed by atoms with Gasteiger partial charge < -0.3 is 4.90 Å². The molecule has 1 aromatic carbocycles. The smallest absolute Gasteiger partial charge is 0.186 e. The van der Waals surface area contributed by atoms with E-state index >= 15 is 0 Å². The molecule has 0 saturated heterocycles. The highest BCUT2D eigenvalue weighted by Gasteiger charge is 2.10. The number of thiazole rings is 1. The minimum Gasteiger partial charge on any atom is -0.347 e. The number of Topliss-reactive ketones (excluding diaryl/α,β-unsaturated/α-hetero) is 1. The zero-order valence-electron chi connectivity index (χ0n) is 10.2. The maximum atomic E-state index is 11.2. The molecule has 0 radical (unpaired) electrons. The molecule has 0 amide bonds. The molecule has 0 saturated carbocycles. The Morgan fingerprint density at radius 2 is 2.28 bits per heavy atom. The van der Waals surface area contributed by atoms with Crippen molar-refractivity contribution in [3.8, 4) is 0 Å². The second kappa shape index (κ2) is 5.50. The monoisotopic (exact) mass is 280 g/mol. The van der Waals surface area contributed by atoms with Crippen LogP contribution in [0, 0.1) is 0 Å². The molecule has 0 fully saturated rings. The van der Waals surface area contributed by atoms with Gasteiger partial charge in [0.1, 0.15) is 5.69 Å². The number of ketones is 1. The fourth-order valence-corrected chi connectivity index (χ4v) is 2.62. The van der Waals surface area contributed by atoms with Crippen molar-refractivity contribution in [2.75, 3.05) is 11.9 Å². The molecule has 2 rings (SSSR count).